The predicted octanol–water partition coefficient (Wildman–Crippen LogP) is 4.90. The van der Waals surface area contributed by atoms with Crippen molar-refractivity contribution in [3.05, 3.63) is 100 Å². The number of carbonyl (C=O) groups is 3. The largest absolute Gasteiger partial charge is 0.390 e. The van der Waals surface area contributed by atoms with Crippen LogP contribution in [-0.2, 0) is 21.2 Å². The Morgan fingerprint density at radius 1 is 0.844 bits per heavy atom. The number of benzene rings is 3. The number of amides is 3. The SMILES string of the molecule is CC(C)C[C@@H](C(=O)N[C@@H](Cc1ccccc1)[C@H](O)CN(CC(C)C)S(=O)(=O)c1ccc(Br)cc1)N1C(=O)c2ccccc2C1=O. The highest BCUT2D eigenvalue weighted by molar-refractivity contribution is 9.10. The molecular weight excluding hydrogens is 658 g/mol. The van der Waals surface area contributed by atoms with Crippen LogP contribution in [0.2, 0.25) is 0 Å². The lowest BCUT2D eigenvalue weighted by molar-refractivity contribution is -0.127. The maximum absolute atomic E-state index is 14.0. The van der Waals surface area contributed by atoms with E-state index in [0.29, 0.717) is 0 Å². The Balaban J connectivity index is 1.65. The molecule has 3 atom stereocenters. The highest BCUT2D eigenvalue weighted by atomic mass is 79.9. The van der Waals surface area contributed by atoms with E-state index >= 15 is 0 Å². The normalized spacial score (nSPS) is 15.4. The molecule has 0 aromatic heterocycles. The van der Waals surface area contributed by atoms with Crippen LogP contribution in [0.1, 0.15) is 60.4 Å². The monoisotopic (exact) mass is 697 g/mol. The highest BCUT2D eigenvalue weighted by Gasteiger charge is 2.43. The molecule has 0 aliphatic carbocycles. The number of hydrogen-bond donors (Lipinski definition) is 2. The molecule has 3 amide bonds. The van der Waals surface area contributed by atoms with Gasteiger partial charge in [0.25, 0.3) is 11.8 Å². The van der Waals surface area contributed by atoms with Crippen LogP contribution < -0.4 is 5.32 Å². The Hall–Kier alpha value is -3.38. The lowest BCUT2D eigenvalue weighted by atomic mass is 9.98. The summed E-state index contributed by atoms with van der Waals surface area (Å²) in [6.07, 6.45) is -0.916. The van der Waals surface area contributed by atoms with Crippen LogP contribution in [0.5, 0.6) is 0 Å². The number of aliphatic hydroxyl groups excluding tert-OH is 1. The number of carbonyl (C=O) groups excluding carboxylic acids is 3. The van der Waals surface area contributed by atoms with Gasteiger partial charge in [0.15, 0.2) is 0 Å². The van der Waals surface area contributed by atoms with E-state index in [0.717, 1.165) is 14.9 Å². The van der Waals surface area contributed by atoms with Crippen LogP contribution in [0.25, 0.3) is 0 Å². The molecule has 3 aromatic carbocycles. The number of rotatable bonds is 14. The van der Waals surface area contributed by atoms with Gasteiger partial charge in [0, 0.05) is 17.6 Å². The molecule has 0 bridgehead atoms. The van der Waals surface area contributed by atoms with Gasteiger partial charge in [-0.25, -0.2) is 8.42 Å². The van der Waals surface area contributed by atoms with E-state index in [2.05, 4.69) is 21.2 Å². The first-order valence-corrected chi connectivity index (χ1v) is 17.3. The van der Waals surface area contributed by atoms with Crippen LogP contribution in [0, 0.1) is 11.8 Å². The van der Waals surface area contributed by atoms with Gasteiger partial charge in [-0.15, -0.1) is 0 Å². The van der Waals surface area contributed by atoms with Gasteiger partial charge in [-0.3, -0.25) is 19.3 Å². The maximum Gasteiger partial charge on any atom is 0.262 e. The molecule has 11 heteroatoms. The highest BCUT2D eigenvalue weighted by Crippen LogP contribution is 2.28. The number of aliphatic hydroxyl groups is 1. The summed E-state index contributed by atoms with van der Waals surface area (Å²) in [7, 11) is -3.99. The maximum atomic E-state index is 14.0. The summed E-state index contributed by atoms with van der Waals surface area (Å²) in [6, 6.07) is 19.9. The topological polar surface area (TPSA) is 124 Å². The van der Waals surface area contributed by atoms with Gasteiger partial charge >= 0.3 is 0 Å². The minimum Gasteiger partial charge on any atom is -0.390 e. The minimum absolute atomic E-state index is 0.0415. The smallest absolute Gasteiger partial charge is 0.262 e. The fourth-order valence-corrected chi connectivity index (χ4v) is 7.35. The van der Waals surface area contributed by atoms with Crippen LogP contribution in [0.4, 0.5) is 0 Å². The number of sulfonamides is 1. The van der Waals surface area contributed by atoms with Gasteiger partial charge in [0.1, 0.15) is 6.04 Å². The lowest BCUT2D eigenvalue weighted by Gasteiger charge is -2.33. The molecule has 0 radical (unpaired) electrons. The van der Waals surface area contributed by atoms with E-state index in [1.807, 2.05) is 58.0 Å². The van der Waals surface area contributed by atoms with Crippen molar-refractivity contribution >= 4 is 43.7 Å². The summed E-state index contributed by atoms with van der Waals surface area (Å²) < 4.78 is 29.4. The molecule has 1 heterocycles. The number of fused-ring (bicyclic) bond motifs is 1. The lowest BCUT2D eigenvalue weighted by Crippen LogP contribution is -2.56. The molecule has 45 heavy (non-hydrogen) atoms. The van der Waals surface area contributed by atoms with Crippen LogP contribution in [0.15, 0.2) is 88.2 Å². The third kappa shape index (κ3) is 8.26. The van der Waals surface area contributed by atoms with Crippen LogP contribution in [0.3, 0.4) is 0 Å². The zero-order valence-electron chi connectivity index (χ0n) is 25.9. The molecule has 0 fully saturated rings. The van der Waals surface area contributed by atoms with Crippen molar-refractivity contribution in [3.63, 3.8) is 0 Å². The Kier molecular flexibility index (Phi) is 11.4. The summed E-state index contributed by atoms with van der Waals surface area (Å²) in [5.74, 6) is -1.76. The molecule has 4 rings (SSSR count). The van der Waals surface area contributed by atoms with E-state index < -0.39 is 45.9 Å². The van der Waals surface area contributed by atoms with Gasteiger partial charge in [-0.05, 0) is 66.6 Å². The molecule has 1 aliphatic heterocycles. The van der Waals surface area contributed by atoms with Crippen molar-refractivity contribution in [1.82, 2.24) is 14.5 Å². The Morgan fingerprint density at radius 2 is 1.40 bits per heavy atom. The fraction of sp³-hybridized carbons (Fsp3) is 0.382. The Bertz CT molecular complexity index is 1580. The number of hydrogen-bond acceptors (Lipinski definition) is 6. The van der Waals surface area contributed by atoms with E-state index in [1.165, 1.54) is 16.4 Å². The third-order valence-corrected chi connectivity index (χ3v) is 10.0. The molecular formula is C34H40BrN3O6S. The van der Waals surface area contributed by atoms with Crippen LogP contribution in [-0.4, -0.2) is 71.7 Å². The molecule has 9 nitrogen and oxygen atoms in total. The van der Waals surface area contributed by atoms with E-state index in [1.54, 1.807) is 36.4 Å². The third-order valence-electron chi connectivity index (χ3n) is 7.64. The second kappa shape index (κ2) is 14.8. The second-order valence-electron chi connectivity index (χ2n) is 12.2. The summed E-state index contributed by atoms with van der Waals surface area (Å²) in [4.78, 5) is 41.8. The Morgan fingerprint density at radius 3 is 1.93 bits per heavy atom. The average molecular weight is 699 g/mol. The average Bonchev–Trinajstić information content (AvgIpc) is 3.24. The standard InChI is InChI=1S/C34H40BrN3O6S/c1-22(2)18-30(38-33(41)27-12-8-9-13-28(27)34(38)42)32(40)36-29(19-24-10-6-5-7-11-24)31(39)21-37(20-23(3)4)45(43,44)26-16-14-25(35)15-17-26/h5-17,22-23,29-31,39H,18-21H2,1-4H3,(H,36,40)/t29-,30-,31+/m0/s1. The van der Waals surface area contributed by atoms with E-state index in [-0.39, 0.29) is 53.8 Å². The summed E-state index contributed by atoms with van der Waals surface area (Å²) in [6.45, 7) is 7.43. The fourth-order valence-electron chi connectivity index (χ4n) is 5.47. The first-order valence-electron chi connectivity index (χ1n) is 15.0. The molecule has 0 saturated carbocycles. The number of imide groups is 1. The number of halogens is 1. The first kappa shape index (κ1) is 34.5. The summed E-state index contributed by atoms with van der Waals surface area (Å²) >= 11 is 3.34. The zero-order valence-corrected chi connectivity index (χ0v) is 28.3. The minimum atomic E-state index is -3.99. The van der Waals surface area contributed by atoms with Gasteiger partial charge in [0.2, 0.25) is 15.9 Å². The first-order chi connectivity index (χ1) is 21.3. The zero-order chi connectivity index (χ0) is 32.9. The molecule has 240 valence electrons. The number of nitrogens with one attached hydrogen (secondary N) is 1. The van der Waals surface area contributed by atoms with Crippen molar-refractivity contribution in [2.45, 2.75) is 63.6 Å². The van der Waals surface area contributed by atoms with Gasteiger partial charge in [0.05, 0.1) is 28.2 Å². The molecule has 0 saturated heterocycles. The second-order valence-corrected chi connectivity index (χ2v) is 15.1. The predicted molar refractivity (Wildman–Crippen MR) is 176 cm³/mol. The van der Waals surface area contributed by atoms with Crippen molar-refractivity contribution in [3.8, 4) is 0 Å². The molecule has 2 N–H and O–H groups in total. The van der Waals surface area contributed by atoms with Gasteiger partial charge in [-0.1, -0.05) is 86.1 Å². The summed E-state index contributed by atoms with van der Waals surface area (Å²) in [5.41, 5.74) is 1.30. The molecule has 1 aliphatic rings. The van der Waals surface area contributed by atoms with E-state index in [9.17, 15) is 27.9 Å². The van der Waals surface area contributed by atoms with Crippen molar-refractivity contribution in [1.29, 1.82) is 0 Å². The van der Waals surface area contributed by atoms with Crippen molar-refractivity contribution in [2.75, 3.05) is 13.1 Å². The molecule has 0 spiro atoms. The van der Waals surface area contributed by atoms with Crippen molar-refractivity contribution in [2.24, 2.45) is 11.8 Å². The quantitative estimate of drug-likeness (QED) is 0.231. The van der Waals surface area contributed by atoms with E-state index in [4.69, 9.17) is 0 Å². The van der Waals surface area contributed by atoms with Gasteiger partial charge < -0.3 is 10.4 Å². The van der Waals surface area contributed by atoms with Crippen molar-refractivity contribution < 1.29 is 27.9 Å². The molecule has 0 unspecified atom stereocenters. The van der Waals surface area contributed by atoms with Gasteiger partial charge in [-0.2, -0.15) is 4.31 Å². The molecule has 3 aromatic rings. The summed E-state index contributed by atoms with van der Waals surface area (Å²) in [5, 5.41) is 14.6. The van der Waals surface area contributed by atoms with Crippen LogP contribution >= 0.6 is 15.9 Å². The Labute approximate surface area is 273 Å². The number of nitrogens with zero attached hydrogens (tertiary/aromatic N) is 2.